The second kappa shape index (κ2) is 4.71. The summed E-state index contributed by atoms with van der Waals surface area (Å²) in [4.78, 5) is 25.4. The molecule has 1 aliphatic rings. The fraction of sp³-hybridized carbons (Fsp3) is 0.625. The summed E-state index contributed by atoms with van der Waals surface area (Å²) in [6.07, 6.45) is 0.651. The highest BCUT2D eigenvalue weighted by Crippen LogP contribution is 2.00. The number of carbonyl (C=O) groups excluding carboxylic acids is 2. The van der Waals surface area contributed by atoms with E-state index in [1.54, 1.807) is 0 Å². The average Bonchev–Trinajstić information content (AvgIpc) is 2.44. The van der Waals surface area contributed by atoms with Crippen molar-refractivity contribution in [3.8, 4) is 0 Å². The van der Waals surface area contributed by atoms with Crippen LogP contribution in [0.1, 0.15) is 13.3 Å². The van der Waals surface area contributed by atoms with Crippen molar-refractivity contribution in [3.63, 3.8) is 0 Å². The molecule has 1 saturated heterocycles. The van der Waals surface area contributed by atoms with Gasteiger partial charge in [0.2, 0.25) is 5.96 Å². The topological polar surface area (TPSA) is 90.8 Å². The van der Waals surface area contributed by atoms with Gasteiger partial charge in [-0.3, -0.25) is 25.2 Å². The summed E-state index contributed by atoms with van der Waals surface area (Å²) in [5.41, 5.74) is 0. The highest BCUT2D eigenvalue weighted by atomic mass is 16.3. The van der Waals surface area contributed by atoms with E-state index in [4.69, 9.17) is 5.11 Å². The normalized spacial score (nSPS) is 17.7. The Bertz CT molecular complexity index is 257. The summed E-state index contributed by atoms with van der Waals surface area (Å²) in [5, 5.41) is 13.2. The van der Waals surface area contributed by atoms with Gasteiger partial charge in [-0.1, -0.05) is 6.92 Å². The Morgan fingerprint density at radius 2 is 1.93 bits per heavy atom. The van der Waals surface area contributed by atoms with E-state index in [0.717, 1.165) is 0 Å². The molecule has 1 aliphatic heterocycles. The second-order valence-corrected chi connectivity index (χ2v) is 3.21. The molecule has 1 fully saturated rings. The SMILES string of the molecule is CC(CCO)CN=C1NC(=O)C(=O)N1. The van der Waals surface area contributed by atoms with Gasteiger partial charge in [-0.25, -0.2) is 0 Å². The Kier molecular flexibility index (Phi) is 3.58. The first-order chi connectivity index (χ1) is 6.63. The third-order valence-corrected chi connectivity index (χ3v) is 1.85. The van der Waals surface area contributed by atoms with Crippen molar-refractivity contribution in [2.75, 3.05) is 13.2 Å². The van der Waals surface area contributed by atoms with Gasteiger partial charge in [0.25, 0.3) is 0 Å². The van der Waals surface area contributed by atoms with Crippen LogP contribution < -0.4 is 10.6 Å². The number of nitrogens with zero attached hydrogens (tertiary/aromatic N) is 1. The molecule has 3 N–H and O–H groups in total. The van der Waals surface area contributed by atoms with E-state index in [-0.39, 0.29) is 18.5 Å². The fourth-order valence-corrected chi connectivity index (χ4v) is 0.998. The van der Waals surface area contributed by atoms with Gasteiger partial charge >= 0.3 is 11.8 Å². The van der Waals surface area contributed by atoms with E-state index in [1.807, 2.05) is 6.92 Å². The van der Waals surface area contributed by atoms with Crippen LogP contribution in [0.4, 0.5) is 0 Å². The van der Waals surface area contributed by atoms with E-state index >= 15 is 0 Å². The van der Waals surface area contributed by atoms with Crippen LogP contribution in [0.15, 0.2) is 4.99 Å². The van der Waals surface area contributed by atoms with Crippen molar-refractivity contribution < 1.29 is 14.7 Å². The maximum Gasteiger partial charge on any atom is 0.316 e. The number of nitrogens with one attached hydrogen (secondary N) is 2. The molecule has 14 heavy (non-hydrogen) atoms. The number of rotatable bonds is 4. The van der Waals surface area contributed by atoms with E-state index < -0.39 is 11.8 Å². The number of amides is 2. The Hall–Kier alpha value is -1.43. The standard InChI is InChI=1S/C8H13N3O3/c1-5(2-3-12)4-9-8-10-6(13)7(14)11-8/h5,12H,2-4H2,1H3,(H2,9,10,11,13,14). The highest BCUT2D eigenvalue weighted by Gasteiger charge is 2.24. The van der Waals surface area contributed by atoms with Crippen LogP contribution in [0.2, 0.25) is 0 Å². The smallest absolute Gasteiger partial charge is 0.316 e. The Morgan fingerprint density at radius 1 is 1.36 bits per heavy atom. The first-order valence-corrected chi connectivity index (χ1v) is 4.41. The van der Waals surface area contributed by atoms with Crippen LogP contribution >= 0.6 is 0 Å². The lowest BCUT2D eigenvalue weighted by atomic mass is 10.1. The van der Waals surface area contributed by atoms with Crippen LogP contribution in [0.25, 0.3) is 0 Å². The quantitative estimate of drug-likeness (QED) is 0.487. The molecule has 0 aromatic heterocycles. The van der Waals surface area contributed by atoms with Gasteiger partial charge in [-0.05, 0) is 12.3 Å². The van der Waals surface area contributed by atoms with Gasteiger partial charge in [-0.2, -0.15) is 0 Å². The molecular weight excluding hydrogens is 186 g/mol. The summed E-state index contributed by atoms with van der Waals surface area (Å²) in [5.74, 6) is -0.941. The number of aliphatic hydroxyl groups is 1. The fourth-order valence-electron chi connectivity index (χ4n) is 0.998. The Labute approximate surface area is 81.4 Å². The molecule has 0 aromatic carbocycles. The van der Waals surface area contributed by atoms with Crippen molar-refractivity contribution >= 4 is 17.8 Å². The molecule has 0 aliphatic carbocycles. The summed E-state index contributed by atoms with van der Waals surface area (Å²) >= 11 is 0. The van der Waals surface area contributed by atoms with Crippen molar-refractivity contribution in [3.05, 3.63) is 0 Å². The maximum absolute atomic E-state index is 10.7. The van der Waals surface area contributed by atoms with E-state index in [0.29, 0.717) is 13.0 Å². The molecule has 0 saturated carbocycles. The van der Waals surface area contributed by atoms with E-state index in [9.17, 15) is 9.59 Å². The van der Waals surface area contributed by atoms with E-state index in [2.05, 4.69) is 15.6 Å². The van der Waals surface area contributed by atoms with Crippen LogP contribution in [0.3, 0.4) is 0 Å². The average molecular weight is 199 g/mol. The largest absolute Gasteiger partial charge is 0.396 e. The summed E-state index contributed by atoms with van der Waals surface area (Å²) in [6, 6.07) is 0. The van der Waals surface area contributed by atoms with Gasteiger partial charge in [0.05, 0.1) is 0 Å². The van der Waals surface area contributed by atoms with E-state index in [1.165, 1.54) is 0 Å². The first kappa shape index (κ1) is 10.6. The number of carbonyl (C=O) groups is 2. The van der Waals surface area contributed by atoms with Crippen molar-refractivity contribution in [1.82, 2.24) is 10.6 Å². The lowest BCUT2D eigenvalue weighted by molar-refractivity contribution is -0.135. The van der Waals surface area contributed by atoms with Gasteiger partial charge in [0.1, 0.15) is 0 Å². The monoisotopic (exact) mass is 199 g/mol. The molecular formula is C8H13N3O3. The molecule has 1 atom stereocenters. The zero-order valence-electron chi connectivity index (χ0n) is 7.91. The molecule has 1 heterocycles. The summed E-state index contributed by atoms with van der Waals surface area (Å²) < 4.78 is 0. The number of hydrogen-bond donors (Lipinski definition) is 3. The minimum atomic E-state index is -0.682. The van der Waals surface area contributed by atoms with Crippen LogP contribution in [-0.4, -0.2) is 36.0 Å². The lowest BCUT2D eigenvalue weighted by Gasteiger charge is -2.05. The number of guanidine groups is 1. The summed E-state index contributed by atoms with van der Waals surface area (Å²) in [6.45, 7) is 2.51. The van der Waals surface area contributed by atoms with Crippen LogP contribution in [-0.2, 0) is 9.59 Å². The third-order valence-electron chi connectivity index (χ3n) is 1.85. The number of hydrogen-bond acceptors (Lipinski definition) is 4. The number of aliphatic hydroxyl groups excluding tert-OH is 1. The van der Waals surface area contributed by atoms with Gasteiger partial charge in [0.15, 0.2) is 0 Å². The zero-order valence-corrected chi connectivity index (χ0v) is 7.91. The molecule has 1 unspecified atom stereocenters. The van der Waals surface area contributed by atoms with Crippen LogP contribution in [0, 0.1) is 5.92 Å². The molecule has 1 rings (SSSR count). The number of aliphatic imine (C=N–C) groups is 1. The molecule has 0 aromatic rings. The van der Waals surface area contributed by atoms with Crippen molar-refractivity contribution in [2.24, 2.45) is 10.9 Å². The van der Waals surface area contributed by atoms with Gasteiger partial charge in [-0.15, -0.1) is 0 Å². The molecule has 78 valence electrons. The molecule has 2 amide bonds. The minimum absolute atomic E-state index is 0.116. The van der Waals surface area contributed by atoms with Crippen molar-refractivity contribution in [2.45, 2.75) is 13.3 Å². The molecule has 0 radical (unpaired) electrons. The Morgan fingerprint density at radius 3 is 2.43 bits per heavy atom. The summed E-state index contributed by atoms with van der Waals surface area (Å²) in [7, 11) is 0. The zero-order chi connectivity index (χ0) is 10.6. The van der Waals surface area contributed by atoms with Gasteiger partial charge < -0.3 is 5.11 Å². The first-order valence-electron chi connectivity index (χ1n) is 4.41. The predicted octanol–water partition coefficient (Wildman–Crippen LogP) is -1.39. The molecule has 0 spiro atoms. The molecule has 0 bridgehead atoms. The second-order valence-electron chi connectivity index (χ2n) is 3.21. The van der Waals surface area contributed by atoms with Crippen LogP contribution in [0.5, 0.6) is 0 Å². The lowest BCUT2D eigenvalue weighted by Crippen LogP contribution is -2.26. The molecule has 6 nitrogen and oxygen atoms in total. The molecule has 6 heteroatoms. The minimum Gasteiger partial charge on any atom is -0.396 e. The highest BCUT2D eigenvalue weighted by molar-refractivity contribution is 6.45. The van der Waals surface area contributed by atoms with Gasteiger partial charge in [0, 0.05) is 13.2 Å². The Balaban J connectivity index is 2.39. The van der Waals surface area contributed by atoms with Crippen molar-refractivity contribution in [1.29, 1.82) is 0 Å². The predicted molar refractivity (Wildman–Crippen MR) is 49.5 cm³/mol. The third kappa shape index (κ3) is 2.81. The maximum atomic E-state index is 10.7.